The van der Waals surface area contributed by atoms with Crippen molar-refractivity contribution >= 4 is 10.9 Å². The van der Waals surface area contributed by atoms with Crippen LogP contribution in [0.1, 0.15) is 11.3 Å². The average molecular weight is 298 g/mol. The van der Waals surface area contributed by atoms with Crippen molar-refractivity contribution in [3.05, 3.63) is 64.6 Å². The fourth-order valence-corrected chi connectivity index (χ4v) is 2.65. The van der Waals surface area contributed by atoms with Gasteiger partial charge in [0.25, 0.3) is 5.56 Å². The van der Waals surface area contributed by atoms with E-state index in [0.717, 1.165) is 16.8 Å². The van der Waals surface area contributed by atoms with Gasteiger partial charge in [0.1, 0.15) is 5.76 Å². The zero-order chi connectivity index (χ0) is 15.5. The molecular weight excluding hydrogens is 280 g/mol. The molecule has 1 unspecified atom stereocenters. The Hall–Kier alpha value is -2.40. The zero-order valence-electron chi connectivity index (χ0n) is 12.4. The van der Waals surface area contributed by atoms with Crippen LogP contribution in [0.3, 0.4) is 0 Å². The summed E-state index contributed by atoms with van der Waals surface area (Å²) in [6, 6.07) is 9.27. The Balaban J connectivity index is 1.90. The summed E-state index contributed by atoms with van der Waals surface area (Å²) in [6.45, 7) is 2.33. The van der Waals surface area contributed by atoms with Gasteiger partial charge in [-0.05, 0) is 30.7 Å². The molecule has 5 nitrogen and oxygen atoms in total. The average Bonchev–Trinajstić information content (AvgIpc) is 3.03. The fraction of sp³-hybridized carbons (Fsp3) is 0.294. The predicted molar refractivity (Wildman–Crippen MR) is 83.7 cm³/mol. The number of para-hydroxylation sites is 1. The molecule has 3 rings (SSSR count). The number of benzene rings is 1. The van der Waals surface area contributed by atoms with Crippen molar-refractivity contribution < 1.29 is 9.52 Å². The zero-order valence-corrected chi connectivity index (χ0v) is 12.4. The van der Waals surface area contributed by atoms with Crippen LogP contribution < -0.4 is 5.56 Å². The summed E-state index contributed by atoms with van der Waals surface area (Å²) in [5, 5.41) is 10.2. The van der Waals surface area contributed by atoms with E-state index in [1.165, 1.54) is 0 Å². The van der Waals surface area contributed by atoms with Crippen LogP contribution in [-0.2, 0) is 13.0 Å². The maximum Gasteiger partial charge on any atom is 0.261 e. The Labute approximate surface area is 127 Å². The third kappa shape index (κ3) is 2.80. The summed E-state index contributed by atoms with van der Waals surface area (Å²) in [5.74, 6) is 0.713. The highest BCUT2D eigenvalue weighted by Gasteiger charge is 2.14. The molecule has 0 amide bonds. The molecule has 3 aromatic rings. The second-order valence-corrected chi connectivity index (χ2v) is 5.51. The molecule has 0 bridgehead atoms. The lowest BCUT2D eigenvalue weighted by atomic mass is 10.0. The standard InChI is InChI=1S/C17H18N2O3/c1-12-4-2-6-15-16(12)18-11-19(17(15)21)9-13(10-20)8-14-5-3-7-22-14/h2-7,11,13,20H,8-10H2,1H3. The molecule has 1 aromatic carbocycles. The minimum absolute atomic E-state index is 0.0149. The highest BCUT2D eigenvalue weighted by Crippen LogP contribution is 2.14. The van der Waals surface area contributed by atoms with E-state index in [-0.39, 0.29) is 18.1 Å². The number of aryl methyl sites for hydroxylation is 1. The summed E-state index contributed by atoms with van der Waals surface area (Å²) in [5.41, 5.74) is 1.64. The second-order valence-electron chi connectivity index (χ2n) is 5.51. The normalized spacial score (nSPS) is 12.6. The van der Waals surface area contributed by atoms with E-state index in [2.05, 4.69) is 4.98 Å². The van der Waals surface area contributed by atoms with Crippen molar-refractivity contribution in [1.82, 2.24) is 9.55 Å². The summed E-state index contributed by atoms with van der Waals surface area (Å²) >= 11 is 0. The molecule has 1 N–H and O–H groups in total. The van der Waals surface area contributed by atoms with E-state index in [9.17, 15) is 9.90 Å². The number of fused-ring (bicyclic) bond motifs is 1. The number of furan rings is 1. The number of hydrogen-bond acceptors (Lipinski definition) is 4. The summed E-state index contributed by atoms with van der Waals surface area (Å²) in [4.78, 5) is 16.9. The van der Waals surface area contributed by atoms with Gasteiger partial charge in [0, 0.05) is 25.5 Å². The summed E-state index contributed by atoms with van der Waals surface area (Å²) in [7, 11) is 0. The molecule has 0 saturated carbocycles. The van der Waals surface area contributed by atoms with Crippen LogP contribution in [-0.4, -0.2) is 21.3 Å². The van der Waals surface area contributed by atoms with Gasteiger partial charge >= 0.3 is 0 Å². The Morgan fingerprint density at radius 1 is 1.32 bits per heavy atom. The number of aliphatic hydroxyl groups is 1. The molecule has 0 spiro atoms. The SMILES string of the molecule is Cc1cccc2c(=O)n(CC(CO)Cc3ccco3)cnc12. The minimum Gasteiger partial charge on any atom is -0.469 e. The third-order valence-electron chi connectivity index (χ3n) is 3.84. The maximum atomic E-state index is 12.6. The van der Waals surface area contributed by atoms with E-state index < -0.39 is 0 Å². The Morgan fingerprint density at radius 2 is 2.18 bits per heavy atom. The highest BCUT2D eigenvalue weighted by molar-refractivity contribution is 5.80. The number of hydrogen-bond donors (Lipinski definition) is 1. The molecular formula is C17H18N2O3. The van der Waals surface area contributed by atoms with E-state index >= 15 is 0 Å². The van der Waals surface area contributed by atoms with E-state index in [1.54, 1.807) is 23.2 Å². The molecule has 0 fully saturated rings. The quantitative estimate of drug-likeness (QED) is 0.783. The van der Waals surface area contributed by atoms with Gasteiger partial charge in [-0.2, -0.15) is 0 Å². The molecule has 114 valence electrons. The first-order chi connectivity index (χ1) is 10.7. The first-order valence-electron chi connectivity index (χ1n) is 7.27. The molecule has 0 saturated heterocycles. The van der Waals surface area contributed by atoms with Gasteiger partial charge in [0.15, 0.2) is 0 Å². The van der Waals surface area contributed by atoms with Gasteiger partial charge in [0.05, 0.1) is 23.5 Å². The van der Waals surface area contributed by atoms with Crippen molar-refractivity contribution in [1.29, 1.82) is 0 Å². The van der Waals surface area contributed by atoms with Crippen molar-refractivity contribution in [2.45, 2.75) is 19.9 Å². The van der Waals surface area contributed by atoms with Crippen LogP contribution in [0.15, 0.2) is 52.1 Å². The number of rotatable bonds is 5. The maximum absolute atomic E-state index is 12.6. The number of aromatic nitrogens is 2. The Bertz CT molecular complexity index is 822. The van der Waals surface area contributed by atoms with Crippen molar-refractivity contribution in [2.24, 2.45) is 5.92 Å². The molecule has 0 radical (unpaired) electrons. The molecule has 5 heteroatoms. The van der Waals surface area contributed by atoms with Gasteiger partial charge < -0.3 is 9.52 Å². The van der Waals surface area contributed by atoms with Gasteiger partial charge in [-0.1, -0.05) is 12.1 Å². The first-order valence-corrected chi connectivity index (χ1v) is 7.27. The van der Waals surface area contributed by atoms with E-state index in [4.69, 9.17) is 4.42 Å². The monoisotopic (exact) mass is 298 g/mol. The van der Waals surface area contributed by atoms with E-state index in [0.29, 0.717) is 18.4 Å². The molecule has 0 aliphatic carbocycles. The summed E-state index contributed by atoms with van der Waals surface area (Å²) in [6.07, 6.45) is 3.75. The van der Waals surface area contributed by atoms with Gasteiger partial charge in [-0.3, -0.25) is 9.36 Å². The number of nitrogens with zero attached hydrogens (tertiary/aromatic N) is 2. The first kappa shape index (κ1) is 14.5. The van der Waals surface area contributed by atoms with Crippen molar-refractivity contribution in [3.8, 4) is 0 Å². The molecule has 0 aliphatic rings. The topological polar surface area (TPSA) is 68.3 Å². The lowest BCUT2D eigenvalue weighted by molar-refractivity contribution is 0.203. The van der Waals surface area contributed by atoms with Crippen LogP contribution in [0.25, 0.3) is 10.9 Å². The van der Waals surface area contributed by atoms with Gasteiger partial charge in [-0.15, -0.1) is 0 Å². The minimum atomic E-state index is -0.0899. The molecule has 0 aliphatic heterocycles. The van der Waals surface area contributed by atoms with Gasteiger partial charge in [0.2, 0.25) is 0 Å². The second kappa shape index (κ2) is 6.15. The largest absolute Gasteiger partial charge is 0.469 e. The smallest absolute Gasteiger partial charge is 0.261 e. The van der Waals surface area contributed by atoms with E-state index in [1.807, 2.05) is 31.2 Å². The van der Waals surface area contributed by atoms with Crippen LogP contribution in [0.2, 0.25) is 0 Å². The van der Waals surface area contributed by atoms with Crippen LogP contribution in [0.4, 0.5) is 0 Å². The Kier molecular flexibility index (Phi) is 4.06. The predicted octanol–water partition coefficient (Wildman–Crippen LogP) is 2.15. The molecule has 22 heavy (non-hydrogen) atoms. The molecule has 2 heterocycles. The molecule has 1 atom stereocenters. The van der Waals surface area contributed by atoms with Crippen LogP contribution >= 0.6 is 0 Å². The molecule has 2 aromatic heterocycles. The van der Waals surface area contributed by atoms with Crippen molar-refractivity contribution in [2.75, 3.05) is 6.61 Å². The number of aliphatic hydroxyl groups excluding tert-OH is 1. The third-order valence-corrected chi connectivity index (χ3v) is 3.84. The van der Waals surface area contributed by atoms with Crippen LogP contribution in [0, 0.1) is 12.8 Å². The van der Waals surface area contributed by atoms with Crippen LogP contribution in [0.5, 0.6) is 0 Å². The summed E-state index contributed by atoms with van der Waals surface area (Å²) < 4.78 is 6.87. The fourth-order valence-electron chi connectivity index (χ4n) is 2.65. The lowest BCUT2D eigenvalue weighted by Gasteiger charge is -2.15. The van der Waals surface area contributed by atoms with Crippen molar-refractivity contribution in [3.63, 3.8) is 0 Å². The highest BCUT2D eigenvalue weighted by atomic mass is 16.3. The lowest BCUT2D eigenvalue weighted by Crippen LogP contribution is -2.27. The Morgan fingerprint density at radius 3 is 2.91 bits per heavy atom. The van der Waals surface area contributed by atoms with Gasteiger partial charge in [-0.25, -0.2) is 4.98 Å².